The van der Waals surface area contributed by atoms with Crippen molar-refractivity contribution in [3.8, 4) is 0 Å². The van der Waals surface area contributed by atoms with E-state index < -0.39 is 11.6 Å². The average Bonchev–Trinajstić information content (AvgIpc) is 2.71. The summed E-state index contributed by atoms with van der Waals surface area (Å²) >= 11 is 0. The Hall–Kier alpha value is -1.91. The van der Waals surface area contributed by atoms with Crippen molar-refractivity contribution in [1.82, 2.24) is 10.6 Å². The molecule has 1 unspecified atom stereocenters. The van der Waals surface area contributed by atoms with Gasteiger partial charge in [0.25, 0.3) is 0 Å². The molecule has 96 valence electrons. The Morgan fingerprint density at radius 2 is 2.06 bits per heavy atom. The van der Waals surface area contributed by atoms with Crippen molar-refractivity contribution in [1.29, 1.82) is 0 Å². The van der Waals surface area contributed by atoms with Gasteiger partial charge in [0.05, 0.1) is 5.92 Å². The molecule has 18 heavy (non-hydrogen) atoms. The molecule has 3 nitrogen and oxygen atoms in total. The first kappa shape index (κ1) is 12.5. The molecule has 0 spiro atoms. The van der Waals surface area contributed by atoms with Crippen LogP contribution in [0.3, 0.4) is 0 Å². The number of hydrogen-bond donors (Lipinski definition) is 2. The van der Waals surface area contributed by atoms with Crippen LogP contribution < -0.4 is 10.6 Å². The summed E-state index contributed by atoms with van der Waals surface area (Å²) < 4.78 is 25.9. The van der Waals surface area contributed by atoms with Crippen molar-refractivity contribution in [2.24, 2.45) is 5.92 Å². The largest absolute Gasteiger partial charge is 0.388 e. The first-order valence-corrected chi connectivity index (χ1v) is 5.71. The monoisotopic (exact) mass is 252 g/mol. The Balaban J connectivity index is 1.95. The third kappa shape index (κ3) is 2.85. The van der Waals surface area contributed by atoms with E-state index in [2.05, 4.69) is 17.2 Å². The lowest BCUT2D eigenvalue weighted by Gasteiger charge is -2.11. The molecule has 1 amide bonds. The molecule has 0 radical (unpaired) electrons. The second-order valence-electron chi connectivity index (χ2n) is 4.29. The van der Waals surface area contributed by atoms with E-state index in [0.717, 1.165) is 12.6 Å². The number of amides is 1. The zero-order valence-electron chi connectivity index (χ0n) is 9.80. The van der Waals surface area contributed by atoms with Crippen LogP contribution in [0.2, 0.25) is 0 Å². The highest BCUT2D eigenvalue weighted by molar-refractivity contribution is 5.81. The standard InChI is InChI=1S/C13H14F2N2O/c1-8-12(2-3-16-8)13(18)17-7-9-4-10(14)6-11(15)5-9/h4-6,12,16H,1-3,7H2,(H,17,18). The normalized spacial score (nSPS) is 18.6. The fourth-order valence-corrected chi connectivity index (χ4v) is 1.99. The lowest BCUT2D eigenvalue weighted by Crippen LogP contribution is -2.30. The number of carbonyl (C=O) groups is 1. The Morgan fingerprint density at radius 1 is 1.39 bits per heavy atom. The van der Waals surface area contributed by atoms with Gasteiger partial charge in [0.1, 0.15) is 11.6 Å². The van der Waals surface area contributed by atoms with E-state index >= 15 is 0 Å². The van der Waals surface area contributed by atoms with Gasteiger partial charge in [-0.3, -0.25) is 4.79 Å². The Labute approximate surface area is 104 Å². The third-order valence-corrected chi connectivity index (χ3v) is 2.91. The van der Waals surface area contributed by atoms with Gasteiger partial charge < -0.3 is 10.6 Å². The zero-order chi connectivity index (χ0) is 13.1. The molecule has 5 heteroatoms. The summed E-state index contributed by atoms with van der Waals surface area (Å²) in [6.45, 7) is 4.58. The lowest BCUT2D eigenvalue weighted by molar-refractivity contribution is -0.123. The highest BCUT2D eigenvalue weighted by atomic mass is 19.1. The Kier molecular flexibility index (Phi) is 3.60. The maximum Gasteiger partial charge on any atom is 0.229 e. The van der Waals surface area contributed by atoms with Gasteiger partial charge in [-0.25, -0.2) is 8.78 Å². The summed E-state index contributed by atoms with van der Waals surface area (Å²) in [4.78, 5) is 11.8. The van der Waals surface area contributed by atoms with Gasteiger partial charge in [-0.1, -0.05) is 6.58 Å². The van der Waals surface area contributed by atoms with E-state index in [9.17, 15) is 13.6 Å². The van der Waals surface area contributed by atoms with E-state index in [1.165, 1.54) is 12.1 Å². The van der Waals surface area contributed by atoms with Gasteiger partial charge >= 0.3 is 0 Å². The van der Waals surface area contributed by atoms with E-state index in [-0.39, 0.29) is 18.4 Å². The van der Waals surface area contributed by atoms with E-state index in [4.69, 9.17) is 0 Å². The van der Waals surface area contributed by atoms with Crippen LogP contribution in [0.4, 0.5) is 8.78 Å². The predicted molar refractivity (Wildman–Crippen MR) is 63.5 cm³/mol. The molecule has 0 bridgehead atoms. The molecule has 1 saturated heterocycles. The summed E-state index contributed by atoms with van der Waals surface area (Å²) in [7, 11) is 0. The first-order valence-electron chi connectivity index (χ1n) is 5.71. The second kappa shape index (κ2) is 5.16. The maximum absolute atomic E-state index is 12.9. The summed E-state index contributed by atoms with van der Waals surface area (Å²) in [5.74, 6) is -1.73. The molecular formula is C13H14F2N2O. The number of carbonyl (C=O) groups excluding carboxylic acids is 1. The fraction of sp³-hybridized carbons (Fsp3) is 0.308. The van der Waals surface area contributed by atoms with Crippen molar-refractivity contribution >= 4 is 5.91 Å². The van der Waals surface area contributed by atoms with Crippen molar-refractivity contribution in [3.05, 3.63) is 47.7 Å². The Morgan fingerprint density at radius 3 is 2.61 bits per heavy atom. The van der Waals surface area contributed by atoms with Crippen molar-refractivity contribution in [2.75, 3.05) is 6.54 Å². The quantitative estimate of drug-likeness (QED) is 0.859. The van der Waals surface area contributed by atoms with Gasteiger partial charge in [0.15, 0.2) is 0 Å². The number of rotatable bonds is 3. The summed E-state index contributed by atoms with van der Waals surface area (Å²) in [5, 5.41) is 5.64. The molecule has 2 N–H and O–H groups in total. The van der Waals surface area contributed by atoms with Crippen LogP contribution in [0, 0.1) is 17.6 Å². The zero-order valence-corrected chi connectivity index (χ0v) is 9.80. The number of nitrogens with one attached hydrogen (secondary N) is 2. The molecule has 0 saturated carbocycles. The predicted octanol–water partition coefficient (Wildman–Crippen LogP) is 1.70. The molecule has 1 fully saturated rings. The molecule has 1 aliphatic heterocycles. The molecule has 0 aromatic heterocycles. The van der Waals surface area contributed by atoms with Gasteiger partial charge in [-0.15, -0.1) is 0 Å². The highest BCUT2D eigenvalue weighted by Gasteiger charge is 2.25. The number of benzene rings is 1. The van der Waals surface area contributed by atoms with Crippen LogP contribution in [0.25, 0.3) is 0 Å². The van der Waals surface area contributed by atoms with Crippen LogP contribution >= 0.6 is 0 Å². The van der Waals surface area contributed by atoms with E-state index in [1.54, 1.807) is 0 Å². The highest BCUT2D eigenvalue weighted by Crippen LogP contribution is 2.17. The minimum Gasteiger partial charge on any atom is -0.388 e. The molecule has 1 aromatic rings. The number of hydrogen-bond acceptors (Lipinski definition) is 2. The molecule has 2 rings (SSSR count). The van der Waals surface area contributed by atoms with Crippen LogP contribution in [-0.2, 0) is 11.3 Å². The lowest BCUT2D eigenvalue weighted by atomic mass is 10.1. The summed E-state index contributed by atoms with van der Waals surface area (Å²) in [6.07, 6.45) is 0.697. The third-order valence-electron chi connectivity index (χ3n) is 2.91. The minimum atomic E-state index is -0.647. The topological polar surface area (TPSA) is 41.1 Å². The maximum atomic E-state index is 12.9. The smallest absolute Gasteiger partial charge is 0.229 e. The van der Waals surface area contributed by atoms with Crippen molar-refractivity contribution < 1.29 is 13.6 Å². The minimum absolute atomic E-state index is 0.108. The van der Waals surface area contributed by atoms with Gasteiger partial charge in [-0.05, 0) is 24.1 Å². The molecule has 1 heterocycles. The summed E-state index contributed by atoms with van der Waals surface area (Å²) in [5.41, 5.74) is 1.09. The molecule has 1 atom stereocenters. The van der Waals surface area contributed by atoms with Gasteiger partial charge in [-0.2, -0.15) is 0 Å². The SMILES string of the molecule is C=C1NCCC1C(=O)NCc1cc(F)cc(F)c1. The van der Waals surface area contributed by atoms with Crippen molar-refractivity contribution in [3.63, 3.8) is 0 Å². The fourth-order valence-electron chi connectivity index (χ4n) is 1.99. The van der Waals surface area contributed by atoms with Crippen molar-refractivity contribution in [2.45, 2.75) is 13.0 Å². The molecule has 1 aromatic carbocycles. The Bertz CT molecular complexity index is 468. The molecule has 0 aliphatic carbocycles. The van der Waals surface area contributed by atoms with E-state index in [1.807, 2.05) is 0 Å². The van der Waals surface area contributed by atoms with Crippen LogP contribution in [0.15, 0.2) is 30.5 Å². The molecular weight excluding hydrogens is 238 g/mol. The molecule has 1 aliphatic rings. The van der Waals surface area contributed by atoms with Gasteiger partial charge in [0.2, 0.25) is 5.91 Å². The second-order valence-corrected chi connectivity index (χ2v) is 4.29. The first-order chi connectivity index (χ1) is 8.56. The average molecular weight is 252 g/mol. The van der Waals surface area contributed by atoms with Crippen LogP contribution in [0.1, 0.15) is 12.0 Å². The summed E-state index contributed by atoms with van der Waals surface area (Å²) in [6, 6.07) is 3.20. The van der Waals surface area contributed by atoms with E-state index in [0.29, 0.717) is 17.7 Å². The van der Waals surface area contributed by atoms with Crippen LogP contribution in [0.5, 0.6) is 0 Å². The van der Waals surface area contributed by atoms with Crippen LogP contribution in [-0.4, -0.2) is 12.5 Å². The number of halogens is 2. The van der Waals surface area contributed by atoms with Gasteiger partial charge in [0, 0.05) is 24.9 Å².